The Bertz CT molecular complexity index is 486. The van der Waals surface area contributed by atoms with Crippen LogP contribution in [0.5, 0.6) is 0 Å². The van der Waals surface area contributed by atoms with Gasteiger partial charge in [-0.15, -0.1) is 11.3 Å². The highest BCUT2D eigenvalue weighted by Gasteiger charge is 2.38. The predicted octanol–water partition coefficient (Wildman–Crippen LogP) is 2.80. The number of rotatable bonds is 2. The first-order valence-corrected chi connectivity index (χ1v) is 7.75. The van der Waals surface area contributed by atoms with Crippen molar-refractivity contribution in [3.05, 3.63) is 15.6 Å². The topological polar surface area (TPSA) is 28.2 Å². The van der Waals surface area contributed by atoms with Crippen molar-refractivity contribution in [3.63, 3.8) is 0 Å². The van der Waals surface area contributed by atoms with Gasteiger partial charge in [0.15, 0.2) is 5.69 Å². The molecule has 2 aliphatic heterocycles. The van der Waals surface area contributed by atoms with E-state index in [1.54, 1.807) is 6.92 Å². The molecule has 2 bridgehead atoms. The zero-order chi connectivity index (χ0) is 14.3. The highest BCUT2D eigenvalue weighted by molar-refractivity contribution is 7.11. The Morgan fingerprint density at radius 2 is 2.05 bits per heavy atom. The van der Waals surface area contributed by atoms with Crippen molar-refractivity contribution in [2.45, 2.75) is 51.0 Å². The summed E-state index contributed by atoms with van der Waals surface area (Å²) in [6, 6.07) is 0.987. The number of thiazole rings is 1. The fourth-order valence-electron chi connectivity index (χ4n) is 3.16. The highest BCUT2D eigenvalue weighted by Crippen LogP contribution is 2.35. The summed E-state index contributed by atoms with van der Waals surface area (Å²) in [5.41, 5.74) is -0.692. The van der Waals surface area contributed by atoms with Crippen molar-refractivity contribution in [1.29, 1.82) is 0 Å². The third-order valence-electron chi connectivity index (χ3n) is 4.05. The van der Waals surface area contributed by atoms with Gasteiger partial charge in [0.05, 0.1) is 9.88 Å². The van der Waals surface area contributed by atoms with Gasteiger partial charge in [-0.25, -0.2) is 4.98 Å². The van der Waals surface area contributed by atoms with E-state index in [0.717, 1.165) is 25.9 Å². The van der Waals surface area contributed by atoms with E-state index in [0.29, 0.717) is 28.5 Å². The number of aryl methyl sites for hydroxylation is 1. The molecule has 1 aromatic rings. The SMILES string of the molecule is Cc1nc(C(F)(F)F)c(CN2CCC3CCC(C2)N3)s1. The first kappa shape index (κ1) is 14.3. The number of alkyl halides is 3. The number of likely N-dealkylation sites (tertiary alicyclic amines) is 1. The fourth-order valence-corrected chi connectivity index (χ4v) is 4.16. The van der Waals surface area contributed by atoms with E-state index < -0.39 is 11.9 Å². The monoisotopic (exact) mass is 305 g/mol. The lowest BCUT2D eigenvalue weighted by Gasteiger charge is -2.23. The molecular formula is C13H18F3N3S. The summed E-state index contributed by atoms with van der Waals surface area (Å²) in [6.45, 7) is 3.70. The average molecular weight is 305 g/mol. The number of halogens is 3. The maximum absolute atomic E-state index is 13.0. The summed E-state index contributed by atoms with van der Waals surface area (Å²) in [6.07, 6.45) is -0.986. The lowest BCUT2D eigenvalue weighted by atomic mass is 10.1. The second kappa shape index (κ2) is 5.27. The van der Waals surface area contributed by atoms with Crippen molar-refractivity contribution >= 4 is 11.3 Å². The molecule has 1 N–H and O–H groups in total. The minimum absolute atomic E-state index is 0.354. The lowest BCUT2D eigenvalue weighted by Crippen LogP contribution is -2.35. The van der Waals surface area contributed by atoms with Crippen LogP contribution in [0, 0.1) is 6.92 Å². The van der Waals surface area contributed by atoms with Gasteiger partial charge in [-0.2, -0.15) is 13.2 Å². The molecule has 7 heteroatoms. The molecule has 20 heavy (non-hydrogen) atoms. The van der Waals surface area contributed by atoms with E-state index in [1.165, 1.54) is 17.8 Å². The Kier molecular flexibility index (Phi) is 3.77. The van der Waals surface area contributed by atoms with Crippen LogP contribution >= 0.6 is 11.3 Å². The van der Waals surface area contributed by atoms with Gasteiger partial charge in [0, 0.05) is 31.7 Å². The number of aromatic nitrogens is 1. The van der Waals surface area contributed by atoms with Crippen LogP contribution in [0.15, 0.2) is 0 Å². The molecule has 0 aliphatic carbocycles. The van der Waals surface area contributed by atoms with Gasteiger partial charge in [0.1, 0.15) is 0 Å². The van der Waals surface area contributed by atoms with Gasteiger partial charge < -0.3 is 5.32 Å². The summed E-state index contributed by atoms with van der Waals surface area (Å²) >= 11 is 1.17. The molecule has 0 radical (unpaired) electrons. The highest BCUT2D eigenvalue weighted by atomic mass is 32.1. The summed E-state index contributed by atoms with van der Waals surface area (Å²) in [4.78, 5) is 6.16. The van der Waals surface area contributed by atoms with Crippen LogP contribution in [-0.4, -0.2) is 35.1 Å². The maximum Gasteiger partial charge on any atom is 0.434 e. The van der Waals surface area contributed by atoms with E-state index in [9.17, 15) is 13.2 Å². The molecule has 2 aliphatic rings. The Hall–Kier alpha value is -0.660. The molecular weight excluding hydrogens is 287 g/mol. The van der Waals surface area contributed by atoms with Crippen molar-refractivity contribution in [1.82, 2.24) is 15.2 Å². The Labute approximate surface area is 120 Å². The summed E-state index contributed by atoms with van der Waals surface area (Å²) in [7, 11) is 0. The van der Waals surface area contributed by atoms with Gasteiger partial charge in [-0.05, 0) is 26.2 Å². The van der Waals surface area contributed by atoms with Gasteiger partial charge in [0.2, 0.25) is 0 Å². The first-order valence-electron chi connectivity index (χ1n) is 6.93. The number of hydrogen-bond acceptors (Lipinski definition) is 4. The van der Waals surface area contributed by atoms with E-state index >= 15 is 0 Å². The number of fused-ring (bicyclic) bond motifs is 2. The Balaban J connectivity index is 1.74. The van der Waals surface area contributed by atoms with Crippen LogP contribution in [-0.2, 0) is 12.7 Å². The van der Waals surface area contributed by atoms with Crippen LogP contribution in [0.3, 0.4) is 0 Å². The van der Waals surface area contributed by atoms with Crippen LogP contribution in [0.4, 0.5) is 13.2 Å². The van der Waals surface area contributed by atoms with Gasteiger partial charge >= 0.3 is 6.18 Å². The van der Waals surface area contributed by atoms with Crippen molar-refractivity contribution < 1.29 is 13.2 Å². The maximum atomic E-state index is 13.0. The standard InChI is InChI=1S/C13H18F3N3S/c1-8-17-12(13(14,15)16)11(20-8)7-19-5-4-9-2-3-10(6-19)18-9/h9-10,18H,2-7H2,1H3. The second-order valence-corrected chi connectivity index (χ2v) is 6.95. The predicted molar refractivity (Wildman–Crippen MR) is 71.7 cm³/mol. The van der Waals surface area contributed by atoms with Crippen LogP contribution in [0.25, 0.3) is 0 Å². The molecule has 2 fully saturated rings. The molecule has 1 aromatic heterocycles. The summed E-state index contributed by atoms with van der Waals surface area (Å²) in [5, 5.41) is 4.03. The van der Waals surface area contributed by atoms with Gasteiger partial charge in [-0.3, -0.25) is 4.90 Å². The van der Waals surface area contributed by atoms with Crippen LogP contribution < -0.4 is 5.32 Å². The molecule has 2 atom stereocenters. The Morgan fingerprint density at radius 3 is 2.80 bits per heavy atom. The molecule has 0 aromatic carbocycles. The summed E-state index contributed by atoms with van der Waals surface area (Å²) in [5.74, 6) is 0. The number of nitrogens with zero attached hydrogens (tertiary/aromatic N) is 2. The largest absolute Gasteiger partial charge is 0.434 e. The summed E-state index contributed by atoms with van der Waals surface area (Å²) < 4.78 is 38.9. The number of hydrogen-bond donors (Lipinski definition) is 1. The van der Waals surface area contributed by atoms with Crippen molar-refractivity contribution in [3.8, 4) is 0 Å². The van der Waals surface area contributed by atoms with E-state index in [4.69, 9.17) is 0 Å². The lowest BCUT2D eigenvalue weighted by molar-refractivity contribution is -0.141. The first-order chi connectivity index (χ1) is 9.41. The van der Waals surface area contributed by atoms with Crippen LogP contribution in [0.1, 0.15) is 34.8 Å². The molecule has 3 heterocycles. The molecule has 112 valence electrons. The van der Waals surface area contributed by atoms with E-state index in [1.807, 2.05) is 0 Å². The second-order valence-electron chi connectivity index (χ2n) is 5.66. The quantitative estimate of drug-likeness (QED) is 0.911. The van der Waals surface area contributed by atoms with Crippen molar-refractivity contribution in [2.75, 3.05) is 13.1 Å². The molecule has 3 nitrogen and oxygen atoms in total. The molecule has 2 saturated heterocycles. The average Bonchev–Trinajstić information content (AvgIpc) is 2.85. The van der Waals surface area contributed by atoms with E-state index in [-0.39, 0.29) is 0 Å². The minimum atomic E-state index is -4.34. The molecule has 2 unspecified atom stereocenters. The van der Waals surface area contributed by atoms with Crippen molar-refractivity contribution in [2.24, 2.45) is 0 Å². The third kappa shape index (κ3) is 2.99. The minimum Gasteiger partial charge on any atom is -0.310 e. The molecule has 0 amide bonds. The fraction of sp³-hybridized carbons (Fsp3) is 0.769. The zero-order valence-electron chi connectivity index (χ0n) is 11.3. The molecule has 0 saturated carbocycles. The third-order valence-corrected chi connectivity index (χ3v) is 5.00. The number of nitrogens with one attached hydrogen (secondary N) is 1. The Morgan fingerprint density at radius 1 is 1.30 bits per heavy atom. The molecule has 0 spiro atoms. The smallest absolute Gasteiger partial charge is 0.310 e. The van der Waals surface area contributed by atoms with E-state index in [2.05, 4.69) is 15.2 Å². The normalized spacial score (nSPS) is 27.8. The van der Waals surface area contributed by atoms with Gasteiger partial charge in [0.25, 0.3) is 0 Å². The van der Waals surface area contributed by atoms with Crippen LogP contribution in [0.2, 0.25) is 0 Å². The molecule has 3 rings (SSSR count). The zero-order valence-corrected chi connectivity index (χ0v) is 12.2. The van der Waals surface area contributed by atoms with Gasteiger partial charge in [-0.1, -0.05) is 0 Å².